The molecule has 20 heavy (non-hydrogen) atoms. The maximum atomic E-state index is 6.05. The summed E-state index contributed by atoms with van der Waals surface area (Å²) in [4.78, 5) is 0. The summed E-state index contributed by atoms with van der Waals surface area (Å²) in [6.07, 6.45) is 0.798. The van der Waals surface area contributed by atoms with Crippen LogP contribution in [-0.2, 0) is 18.9 Å². The van der Waals surface area contributed by atoms with Gasteiger partial charge in [0, 0.05) is 7.05 Å². The van der Waals surface area contributed by atoms with Crippen LogP contribution in [0.25, 0.3) is 0 Å². The first-order valence-electron chi connectivity index (χ1n) is 6.92. The zero-order valence-corrected chi connectivity index (χ0v) is 12.9. The van der Waals surface area contributed by atoms with Crippen LogP contribution >= 0.6 is 0 Å². The number of aryl methyl sites for hydroxylation is 2. The number of benzene rings is 1. The van der Waals surface area contributed by atoms with Crippen molar-refractivity contribution in [3.63, 3.8) is 0 Å². The predicted octanol–water partition coefficient (Wildman–Crippen LogP) is 3.65. The van der Waals surface area contributed by atoms with Gasteiger partial charge < -0.3 is 10.5 Å². The fourth-order valence-corrected chi connectivity index (χ4v) is 2.09. The van der Waals surface area contributed by atoms with E-state index in [-0.39, 0.29) is 5.41 Å². The summed E-state index contributed by atoms with van der Waals surface area (Å²) >= 11 is 0. The molecular formula is C16H23N3O. The summed E-state index contributed by atoms with van der Waals surface area (Å²) in [7, 11) is 1.84. The highest BCUT2D eigenvalue weighted by atomic mass is 16.5. The van der Waals surface area contributed by atoms with Crippen LogP contribution in [0.4, 0.5) is 5.69 Å². The van der Waals surface area contributed by atoms with Gasteiger partial charge in [-0.1, -0.05) is 39.8 Å². The Morgan fingerprint density at radius 1 is 1.20 bits per heavy atom. The molecule has 0 amide bonds. The van der Waals surface area contributed by atoms with E-state index in [1.54, 1.807) is 4.68 Å². The molecule has 0 fully saturated rings. The van der Waals surface area contributed by atoms with Crippen LogP contribution in [-0.4, -0.2) is 9.78 Å². The third-order valence-corrected chi connectivity index (χ3v) is 3.38. The van der Waals surface area contributed by atoms with E-state index in [1.165, 1.54) is 5.56 Å². The van der Waals surface area contributed by atoms with Crippen molar-refractivity contribution in [1.29, 1.82) is 0 Å². The van der Waals surface area contributed by atoms with Crippen LogP contribution in [0, 0.1) is 0 Å². The number of anilines is 1. The first-order chi connectivity index (χ1) is 9.32. The van der Waals surface area contributed by atoms with E-state index in [9.17, 15) is 0 Å². The number of nitrogen functional groups attached to an aromatic ring is 1. The van der Waals surface area contributed by atoms with E-state index in [0.717, 1.165) is 17.9 Å². The second-order valence-electron chi connectivity index (χ2n) is 6.02. The third-order valence-electron chi connectivity index (χ3n) is 3.38. The van der Waals surface area contributed by atoms with Crippen molar-refractivity contribution in [3.8, 4) is 11.6 Å². The van der Waals surface area contributed by atoms with Crippen molar-refractivity contribution in [2.75, 3.05) is 5.73 Å². The van der Waals surface area contributed by atoms with Gasteiger partial charge in [0.2, 0.25) is 5.88 Å². The summed E-state index contributed by atoms with van der Waals surface area (Å²) < 4.78 is 7.55. The lowest BCUT2D eigenvalue weighted by atomic mass is 9.87. The van der Waals surface area contributed by atoms with E-state index in [4.69, 9.17) is 10.5 Å². The Morgan fingerprint density at radius 2 is 1.80 bits per heavy atom. The normalized spacial score (nSPS) is 11.7. The molecule has 0 bridgehead atoms. The van der Waals surface area contributed by atoms with Crippen molar-refractivity contribution in [2.24, 2.45) is 7.05 Å². The van der Waals surface area contributed by atoms with Gasteiger partial charge in [0.1, 0.15) is 11.4 Å². The standard InChI is InChI=1S/C16H23N3O/c1-6-13-14(17)15(19(5)18-13)20-12-9-7-11(8-10-12)16(2,3)4/h7-10H,6,17H2,1-5H3. The van der Waals surface area contributed by atoms with Crippen molar-refractivity contribution in [2.45, 2.75) is 39.5 Å². The molecule has 0 saturated carbocycles. The van der Waals surface area contributed by atoms with E-state index in [0.29, 0.717) is 11.6 Å². The molecule has 0 aliphatic rings. The lowest BCUT2D eigenvalue weighted by Gasteiger charge is -2.19. The van der Waals surface area contributed by atoms with Crippen molar-refractivity contribution >= 4 is 5.69 Å². The summed E-state index contributed by atoms with van der Waals surface area (Å²) in [6, 6.07) is 8.11. The molecule has 0 unspecified atom stereocenters. The Hall–Kier alpha value is -1.97. The number of hydrogen-bond acceptors (Lipinski definition) is 3. The van der Waals surface area contributed by atoms with E-state index in [2.05, 4.69) is 38.0 Å². The van der Waals surface area contributed by atoms with Gasteiger partial charge >= 0.3 is 0 Å². The molecule has 1 aromatic heterocycles. The van der Waals surface area contributed by atoms with Gasteiger partial charge in [-0.2, -0.15) is 5.10 Å². The van der Waals surface area contributed by atoms with Crippen LogP contribution in [0.5, 0.6) is 11.6 Å². The molecule has 4 nitrogen and oxygen atoms in total. The predicted molar refractivity (Wildman–Crippen MR) is 82.2 cm³/mol. The average molecular weight is 273 g/mol. The molecule has 2 aromatic rings. The highest BCUT2D eigenvalue weighted by molar-refractivity contribution is 5.54. The molecule has 0 spiro atoms. The quantitative estimate of drug-likeness (QED) is 0.928. The van der Waals surface area contributed by atoms with Gasteiger partial charge in [-0.3, -0.25) is 0 Å². The number of hydrogen-bond donors (Lipinski definition) is 1. The Labute approximate surface area is 120 Å². The second-order valence-corrected chi connectivity index (χ2v) is 6.02. The molecular weight excluding hydrogens is 250 g/mol. The highest BCUT2D eigenvalue weighted by Gasteiger charge is 2.16. The highest BCUT2D eigenvalue weighted by Crippen LogP contribution is 2.31. The first-order valence-corrected chi connectivity index (χ1v) is 6.92. The molecule has 0 radical (unpaired) electrons. The zero-order chi connectivity index (χ0) is 14.9. The summed E-state index contributed by atoms with van der Waals surface area (Å²) in [5.41, 5.74) is 8.96. The van der Waals surface area contributed by atoms with Gasteiger partial charge in [-0.25, -0.2) is 4.68 Å². The molecule has 2 N–H and O–H groups in total. The summed E-state index contributed by atoms with van der Waals surface area (Å²) in [6.45, 7) is 8.60. The van der Waals surface area contributed by atoms with Crippen molar-refractivity contribution in [1.82, 2.24) is 9.78 Å². The molecule has 0 atom stereocenters. The van der Waals surface area contributed by atoms with E-state index < -0.39 is 0 Å². The summed E-state index contributed by atoms with van der Waals surface area (Å²) in [5.74, 6) is 1.38. The maximum absolute atomic E-state index is 6.05. The minimum Gasteiger partial charge on any atom is -0.437 e. The summed E-state index contributed by atoms with van der Waals surface area (Å²) in [5, 5.41) is 4.35. The average Bonchev–Trinajstić information content (AvgIpc) is 2.66. The van der Waals surface area contributed by atoms with Gasteiger partial charge in [0.25, 0.3) is 0 Å². The van der Waals surface area contributed by atoms with Crippen LogP contribution in [0.1, 0.15) is 39.0 Å². The number of rotatable bonds is 3. The van der Waals surface area contributed by atoms with E-state index >= 15 is 0 Å². The van der Waals surface area contributed by atoms with Crippen LogP contribution in [0.15, 0.2) is 24.3 Å². The minimum absolute atomic E-state index is 0.138. The largest absolute Gasteiger partial charge is 0.437 e. The second kappa shape index (κ2) is 5.19. The van der Waals surface area contributed by atoms with Gasteiger partial charge in [-0.05, 0) is 29.5 Å². The Kier molecular flexibility index (Phi) is 3.75. The topological polar surface area (TPSA) is 53.1 Å². The maximum Gasteiger partial charge on any atom is 0.241 e. The minimum atomic E-state index is 0.138. The van der Waals surface area contributed by atoms with E-state index in [1.807, 2.05) is 26.1 Å². The van der Waals surface area contributed by atoms with Gasteiger partial charge in [-0.15, -0.1) is 0 Å². The zero-order valence-electron chi connectivity index (χ0n) is 12.9. The van der Waals surface area contributed by atoms with Crippen molar-refractivity contribution in [3.05, 3.63) is 35.5 Å². The number of ether oxygens (including phenoxy) is 1. The Morgan fingerprint density at radius 3 is 2.25 bits per heavy atom. The third kappa shape index (κ3) is 2.79. The van der Waals surface area contributed by atoms with Crippen LogP contribution in [0.3, 0.4) is 0 Å². The molecule has 0 saturated heterocycles. The van der Waals surface area contributed by atoms with Gasteiger partial charge in [0.15, 0.2) is 0 Å². The fourth-order valence-electron chi connectivity index (χ4n) is 2.09. The number of nitrogens with zero attached hydrogens (tertiary/aromatic N) is 2. The molecule has 108 valence electrons. The SMILES string of the molecule is CCc1nn(C)c(Oc2ccc(C(C)(C)C)cc2)c1N. The molecule has 0 aliphatic carbocycles. The van der Waals surface area contributed by atoms with Crippen LogP contribution in [0.2, 0.25) is 0 Å². The fraction of sp³-hybridized carbons (Fsp3) is 0.438. The Balaban J connectivity index is 2.25. The van der Waals surface area contributed by atoms with Crippen molar-refractivity contribution < 1.29 is 4.74 Å². The smallest absolute Gasteiger partial charge is 0.241 e. The Bertz CT molecular complexity index is 591. The lowest BCUT2D eigenvalue weighted by molar-refractivity contribution is 0.432. The monoisotopic (exact) mass is 273 g/mol. The first kappa shape index (κ1) is 14.4. The van der Waals surface area contributed by atoms with Gasteiger partial charge in [0.05, 0.1) is 5.69 Å². The molecule has 0 aliphatic heterocycles. The number of nitrogens with two attached hydrogens (primary N) is 1. The lowest BCUT2D eigenvalue weighted by Crippen LogP contribution is -2.10. The molecule has 1 heterocycles. The molecule has 1 aromatic carbocycles. The molecule has 2 rings (SSSR count). The molecule has 4 heteroatoms. The number of aromatic nitrogens is 2. The van der Waals surface area contributed by atoms with Crippen LogP contribution < -0.4 is 10.5 Å².